The van der Waals surface area contributed by atoms with Crippen LogP contribution in [0.3, 0.4) is 0 Å². The van der Waals surface area contributed by atoms with Gasteiger partial charge in [0, 0.05) is 12.6 Å². The second-order valence-corrected chi connectivity index (χ2v) is 6.20. The van der Waals surface area contributed by atoms with Crippen molar-refractivity contribution in [1.82, 2.24) is 14.9 Å². The summed E-state index contributed by atoms with van der Waals surface area (Å²) in [4.78, 5) is 9.49. The molecule has 2 N–H and O–H groups in total. The minimum atomic E-state index is -4.63. The van der Waals surface area contributed by atoms with Crippen LogP contribution in [-0.2, 0) is 6.18 Å². The number of hydrogen-bond acceptors (Lipinski definition) is 5. The molecule has 5 nitrogen and oxygen atoms in total. The maximum atomic E-state index is 13.1. The molecule has 0 amide bonds. The highest BCUT2D eigenvalue weighted by Crippen LogP contribution is 2.31. The van der Waals surface area contributed by atoms with E-state index in [2.05, 4.69) is 20.6 Å². The average molecular weight is 392 g/mol. The fraction of sp³-hybridized carbons (Fsp3) is 0.375. The summed E-state index contributed by atoms with van der Waals surface area (Å²) >= 11 is 5.89. The number of anilines is 3. The van der Waals surface area contributed by atoms with Gasteiger partial charge in [0.05, 0.1) is 10.7 Å². The van der Waals surface area contributed by atoms with Crippen LogP contribution in [0.15, 0.2) is 24.3 Å². The van der Waals surface area contributed by atoms with Gasteiger partial charge in [0.25, 0.3) is 0 Å². The summed E-state index contributed by atoms with van der Waals surface area (Å²) in [5, 5.41) is 5.47. The molecule has 1 aromatic heterocycles. The molecule has 142 valence electrons. The first kappa shape index (κ1) is 20.2. The van der Waals surface area contributed by atoms with Gasteiger partial charge < -0.3 is 15.5 Å². The van der Waals surface area contributed by atoms with Crippen LogP contribution in [0, 0.1) is 5.82 Å². The van der Waals surface area contributed by atoms with Gasteiger partial charge in [0.2, 0.25) is 5.95 Å². The van der Waals surface area contributed by atoms with Crippen molar-refractivity contribution < 1.29 is 17.6 Å². The van der Waals surface area contributed by atoms with Gasteiger partial charge >= 0.3 is 6.18 Å². The Balaban J connectivity index is 2.22. The molecule has 0 radical (unpaired) electrons. The van der Waals surface area contributed by atoms with Crippen molar-refractivity contribution in [2.45, 2.75) is 12.6 Å². The number of aromatic nitrogens is 2. The number of hydrogen-bond donors (Lipinski definition) is 2. The van der Waals surface area contributed by atoms with Crippen LogP contribution in [-0.4, -0.2) is 42.1 Å². The molecular weight excluding hydrogens is 374 g/mol. The predicted octanol–water partition coefficient (Wildman–Crippen LogP) is 4.40. The smallest absolute Gasteiger partial charge is 0.354 e. The van der Waals surface area contributed by atoms with Crippen molar-refractivity contribution in [2.24, 2.45) is 0 Å². The third-order valence-corrected chi connectivity index (χ3v) is 3.59. The molecular formula is C16H18ClF4N5. The Bertz CT molecular complexity index is 752. The van der Waals surface area contributed by atoms with Gasteiger partial charge in [-0.2, -0.15) is 18.2 Å². The molecule has 0 fully saturated rings. The van der Waals surface area contributed by atoms with Gasteiger partial charge in [-0.25, -0.2) is 9.37 Å². The van der Waals surface area contributed by atoms with Crippen LogP contribution >= 0.6 is 11.6 Å². The summed E-state index contributed by atoms with van der Waals surface area (Å²) in [6, 6.07) is 4.28. The molecule has 0 saturated heterocycles. The molecule has 0 aliphatic rings. The second kappa shape index (κ2) is 8.50. The SMILES string of the molecule is CN(C)CCCNc1nc(Nc2ccc(F)cc2Cl)cc(C(F)(F)F)n1. The zero-order valence-corrected chi connectivity index (χ0v) is 14.9. The molecule has 2 rings (SSSR count). The number of alkyl halides is 3. The minimum Gasteiger partial charge on any atom is -0.354 e. The lowest BCUT2D eigenvalue weighted by Crippen LogP contribution is -2.18. The van der Waals surface area contributed by atoms with Crippen molar-refractivity contribution >= 4 is 29.1 Å². The van der Waals surface area contributed by atoms with Crippen LogP contribution in [0.5, 0.6) is 0 Å². The van der Waals surface area contributed by atoms with Crippen LogP contribution in [0.1, 0.15) is 12.1 Å². The summed E-state index contributed by atoms with van der Waals surface area (Å²) in [7, 11) is 3.80. The van der Waals surface area contributed by atoms with E-state index >= 15 is 0 Å². The molecule has 0 atom stereocenters. The molecule has 10 heteroatoms. The van der Waals surface area contributed by atoms with Crippen LogP contribution < -0.4 is 10.6 Å². The molecule has 0 aliphatic heterocycles. The van der Waals surface area contributed by atoms with E-state index < -0.39 is 17.7 Å². The Morgan fingerprint density at radius 3 is 2.50 bits per heavy atom. The Kier molecular flexibility index (Phi) is 6.60. The van der Waals surface area contributed by atoms with Crippen molar-refractivity contribution in [2.75, 3.05) is 37.8 Å². The van der Waals surface area contributed by atoms with Gasteiger partial charge in [-0.3, -0.25) is 0 Å². The second-order valence-electron chi connectivity index (χ2n) is 5.79. The van der Waals surface area contributed by atoms with Gasteiger partial charge in [-0.05, 0) is 45.3 Å². The Morgan fingerprint density at radius 2 is 1.88 bits per heavy atom. The van der Waals surface area contributed by atoms with Crippen molar-refractivity contribution in [1.29, 1.82) is 0 Å². The first-order valence-electron chi connectivity index (χ1n) is 7.72. The highest BCUT2D eigenvalue weighted by Gasteiger charge is 2.33. The van der Waals surface area contributed by atoms with Gasteiger partial charge in [0.1, 0.15) is 11.6 Å². The number of nitrogens with one attached hydrogen (secondary N) is 2. The third-order valence-electron chi connectivity index (χ3n) is 3.28. The minimum absolute atomic E-state index is 0.0256. The summed E-state index contributed by atoms with van der Waals surface area (Å²) in [6.45, 7) is 1.18. The predicted molar refractivity (Wildman–Crippen MR) is 93.4 cm³/mol. The quantitative estimate of drug-likeness (QED) is 0.541. The van der Waals surface area contributed by atoms with Crippen LogP contribution in [0.4, 0.5) is 35.0 Å². The summed E-state index contributed by atoms with van der Waals surface area (Å²) in [5.74, 6) is -0.808. The van der Waals surface area contributed by atoms with E-state index in [1.807, 2.05) is 19.0 Å². The van der Waals surface area contributed by atoms with Crippen LogP contribution in [0.25, 0.3) is 0 Å². The Hall–Kier alpha value is -2.13. The van der Waals surface area contributed by atoms with Crippen molar-refractivity contribution in [3.8, 4) is 0 Å². The summed E-state index contributed by atoms with van der Waals surface area (Å²) < 4.78 is 52.4. The molecule has 0 bridgehead atoms. The van der Waals surface area contributed by atoms with Gasteiger partial charge in [-0.1, -0.05) is 11.6 Å². The maximum absolute atomic E-state index is 13.1. The summed E-state index contributed by atoms with van der Waals surface area (Å²) in [6.07, 6.45) is -3.93. The number of nitrogens with zero attached hydrogens (tertiary/aromatic N) is 3. The average Bonchev–Trinajstić information content (AvgIpc) is 2.53. The van der Waals surface area contributed by atoms with Crippen molar-refractivity contribution in [3.63, 3.8) is 0 Å². The van der Waals surface area contributed by atoms with Crippen molar-refractivity contribution in [3.05, 3.63) is 40.8 Å². The van der Waals surface area contributed by atoms with E-state index in [-0.39, 0.29) is 22.5 Å². The van der Waals surface area contributed by atoms with E-state index in [9.17, 15) is 17.6 Å². The zero-order chi connectivity index (χ0) is 19.3. The summed E-state index contributed by atoms with van der Waals surface area (Å²) in [5.41, 5.74) is -0.859. The molecule has 0 spiro atoms. The fourth-order valence-corrected chi connectivity index (χ4v) is 2.27. The first-order valence-corrected chi connectivity index (χ1v) is 8.10. The van der Waals surface area contributed by atoms with Gasteiger partial charge in [0.15, 0.2) is 5.69 Å². The highest BCUT2D eigenvalue weighted by atomic mass is 35.5. The van der Waals surface area contributed by atoms with E-state index in [4.69, 9.17) is 11.6 Å². The normalized spacial score (nSPS) is 11.7. The van der Waals surface area contributed by atoms with Gasteiger partial charge in [-0.15, -0.1) is 0 Å². The Labute approximate surface area is 153 Å². The number of rotatable bonds is 7. The fourth-order valence-electron chi connectivity index (χ4n) is 2.06. The standard InChI is InChI=1S/C16H18ClF4N5/c1-26(2)7-3-6-22-15-24-13(16(19,20)21)9-14(25-15)23-12-5-4-10(18)8-11(12)17/h4-5,8-9H,3,6-7H2,1-2H3,(H2,22,23,24,25). The Morgan fingerprint density at radius 1 is 1.15 bits per heavy atom. The molecule has 1 heterocycles. The van der Waals surface area contributed by atoms with E-state index in [1.165, 1.54) is 6.07 Å². The first-order chi connectivity index (χ1) is 12.1. The van der Waals surface area contributed by atoms with E-state index in [1.54, 1.807) is 0 Å². The maximum Gasteiger partial charge on any atom is 0.433 e. The number of benzene rings is 1. The largest absolute Gasteiger partial charge is 0.433 e. The highest BCUT2D eigenvalue weighted by molar-refractivity contribution is 6.33. The van der Waals surface area contributed by atoms with E-state index in [0.717, 1.165) is 24.7 Å². The molecule has 1 aromatic carbocycles. The lowest BCUT2D eigenvalue weighted by Gasteiger charge is -2.14. The lowest BCUT2D eigenvalue weighted by molar-refractivity contribution is -0.141. The molecule has 0 unspecified atom stereocenters. The lowest BCUT2D eigenvalue weighted by atomic mass is 10.3. The molecule has 0 aliphatic carbocycles. The molecule has 0 saturated carbocycles. The number of halogens is 5. The van der Waals surface area contributed by atoms with E-state index in [0.29, 0.717) is 13.0 Å². The molecule has 26 heavy (non-hydrogen) atoms. The topological polar surface area (TPSA) is 53.1 Å². The third kappa shape index (κ3) is 5.99. The zero-order valence-electron chi connectivity index (χ0n) is 14.2. The molecule has 2 aromatic rings. The van der Waals surface area contributed by atoms with Crippen LogP contribution in [0.2, 0.25) is 5.02 Å². The monoisotopic (exact) mass is 391 g/mol.